The van der Waals surface area contributed by atoms with Crippen molar-refractivity contribution in [3.05, 3.63) is 46.2 Å². The maximum absolute atomic E-state index is 13.1. The Hall–Kier alpha value is -2.55. The molecule has 0 aliphatic carbocycles. The Morgan fingerprint density at radius 2 is 1.86 bits per heavy atom. The van der Waals surface area contributed by atoms with Crippen molar-refractivity contribution in [1.29, 1.82) is 0 Å². The van der Waals surface area contributed by atoms with Crippen molar-refractivity contribution < 1.29 is 22.8 Å². The fourth-order valence-electron chi connectivity index (χ4n) is 2.65. The van der Waals surface area contributed by atoms with Crippen LogP contribution in [0.4, 0.5) is 24.5 Å². The molecule has 2 N–H and O–H groups in total. The monoisotopic (exact) mass is 413 g/mol. The van der Waals surface area contributed by atoms with Crippen molar-refractivity contribution in [3.63, 3.8) is 0 Å². The van der Waals surface area contributed by atoms with Gasteiger partial charge in [0.25, 0.3) is 5.91 Å². The fraction of sp³-hybridized carbons (Fsp3) is 0.368. The van der Waals surface area contributed by atoms with Gasteiger partial charge in [-0.05, 0) is 43.5 Å². The highest BCUT2D eigenvalue weighted by atomic mass is 32.1. The van der Waals surface area contributed by atoms with E-state index in [-0.39, 0.29) is 24.6 Å². The summed E-state index contributed by atoms with van der Waals surface area (Å²) in [5.74, 6) is -0.768. The van der Waals surface area contributed by atoms with E-state index in [0.29, 0.717) is 24.3 Å². The van der Waals surface area contributed by atoms with Gasteiger partial charge in [-0.3, -0.25) is 9.59 Å². The fourth-order valence-corrected chi connectivity index (χ4v) is 3.29. The van der Waals surface area contributed by atoms with Gasteiger partial charge in [-0.1, -0.05) is 0 Å². The normalized spacial score (nSPS) is 11.2. The van der Waals surface area contributed by atoms with Crippen molar-refractivity contribution in [1.82, 2.24) is 5.32 Å². The van der Waals surface area contributed by atoms with Gasteiger partial charge in [-0.2, -0.15) is 24.5 Å². The van der Waals surface area contributed by atoms with Crippen LogP contribution in [0.15, 0.2) is 35.0 Å². The highest BCUT2D eigenvalue weighted by Crippen LogP contribution is 2.35. The smallest absolute Gasteiger partial charge is 0.370 e. The molecular formula is C19H22F3N3O2S. The third-order valence-corrected chi connectivity index (χ3v) is 4.81. The number of benzene rings is 1. The van der Waals surface area contributed by atoms with Gasteiger partial charge < -0.3 is 15.5 Å². The topological polar surface area (TPSA) is 61.4 Å². The van der Waals surface area contributed by atoms with Crippen LogP contribution in [-0.2, 0) is 11.0 Å². The van der Waals surface area contributed by atoms with Gasteiger partial charge in [0.15, 0.2) is 0 Å². The van der Waals surface area contributed by atoms with Crippen LogP contribution in [-0.4, -0.2) is 31.4 Å². The van der Waals surface area contributed by atoms with E-state index >= 15 is 0 Å². The largest absolute Gasteiger partial charge is 0.416 e. The molecule has 0 aliphatic heterocycles. The molecule has 2 amide bonds. The number of rotatable bonds is 8. The molecule has 5 nitrogen and oxygen atoms in total. The molecule has 0 fully saturated rings. The Labute approximate surface area is 165 Å². The van der Waals surface area contributed by atoms with Crippen molar-refractivity contribution in [2.75, 3.05) is 29.9 Å². The number of nitrogens with one attached hydrogen (secondary N) is 2. The summed E-state index contributed by atoms with van der Waals surface area (Å²) >= 11 is 1.38. The van der Waals surface area contributed by atoms with Gasteiger partial charge in [-0.25, -0.2) is 0 Å². The van der Waals surface area contributed by atoms with E-state index < -0.39 is 17.6 Å². The molecule has 1 heterocycles. The first-order valence-electron chi connectivity index (χ1n) is 8.82. The number of hydrogen-bond donors (Lipinski definition) is 2. The standard InChI is InChI=1S/C19H22F3N3O2S/c1-3-25(4-2)16-6-5-14(19(20,21)22)11-15(16)24-17(26)7-9-23-18(27)13-8-10-28-12-13/h5-6,8,10-12H,3-4,7,9H2,1-2H3,(H,23,27)(H,24,26). The van der Waals surface area contributed by atoms with E-state index in [1.807, 2.05) is 18.7 Å². The van der Waals surface area contributed by atoms with Crippen LogP contribution in [0.2, 0.25) is 0 Å². The molecule has 0 saturated carbocycles. The average Bonchev–Trinajstić information content (AvgIpc) is 3.17. The minimum Gasteiger partial charge on any atom is -0.370 e. The first-order chi connectivity index (χ1) is 13.3. The van der Waals surface area contributed by atoms with Gasteiger partial charge >= 0.3 is 6.18 Å². The molecule has 0 radical (unpaired) electrons. The summed E-state index contributed by atoms with van der Waals surface area (Å²) in [5, 5.41) is 8.62. The van der Waals surface area contributed by atoms with Crippen molar-refractivity contribution in [3.8, 4) is 0 Å². The average molecular weight is 413 g/mol. The lowest BCUT2D eigenvalue weighted by molar-refractivity contribution is -0.137. The van der Waals surface area contributed by atoms with Crippen LogP contribution in [0.1, 0.15) is 36.2 Å². The third-order valence-electron chi connectivity index (χ3n) is 4.12. The number of carbonyl (C=O) groups excluding carboxylic acids is 2. The summed E-state index contributed by atoms with van der Waals surface area (Å²) in [6.45, 7) is 5.02. The molecule has 1 aromatic carbocycles. The molecule has 0 atom stereocenters. The molecule has 2 rings (SSSR count). The number of hydrogen-bond acceptors (Lipinski definition) is 4. The van der Waals surface area contributed by atoms with Crippen molar-refractivity contribution in [2.45, 2.75) is 26.4 Å². The van der Waals surface area contributed by atoms with Crippen LogP contribution >= 0.6 is 11.3 Å². The zero-order valence-electron chi connectivity index (χ0n) is 15.6. The second-order valence-electron chi connectivity index (χ2n) is 5.97. The zero-order chi connectivity index (χ0) is 20.7. The zero-order valence-corrected chi connectivity index (χ0v) is 16.4. The number of alkyl halides is 3. The quantitative estimate of drug-likeness (QED) is 0.676. The van der Waals surface area contributed by atoms with Crippen LogP contribution in [0, 0.1) is 0 Å². The number of nitrogens with zero attached hydrogens (tertiary/aromatic N) is 1. The van der Waals surface area contributed by atoms with E-state index in [9.17, 15) is 22.8 Å². The third kappa shape index (κ3) is 5.72. The van der Waals surface area contributed by atoms with Crippen LogP contribution < -0.4 is 15.5 Å². The lowest BCUT2D eigenvalue weighted by Crippen LogP contribution is -2.28. The number of carbonyl (C=O) groups is 2. The van der Waals surface area contributed by atoms with Gasteiger partial charge in [-0.15, -0.1) is 0 Å². The summed E-state index contributed by atoms with van der Waals surface area (Å²) in [6.07, 6.45) is -4.56. The van der Waals surface area contributed by atoms with Crippen LogP contribution in [0.3, 0.4) is 0 Å². The molecule has 9 heteroatoms. The van der Waals surface area contributed by atoms with E-state index in [2.05, 4.69) is 10.6 Å². The predicted molar refractivity (Wildman–Crippen MR) is 105 cm³/mol. The predicted octanol–water partition coefficient (Wildman–Crippen LogP) is 4.37. The highest BCUT2D eigenvalue weighted by molar-refractivity contribution is 7.08. The highest BCUT2D eigenvalue weighted by Gasteiger charge is 2.31. The minimum absolute atomic E-state index is 0.0518. The number of thiophene rings is 1. The van der Waals surface area contributed by atoms with Crippen LogP contribution in [0.25, 0.3) is 0 Å². The van der Waals surface area contributed by atoms with E-state index in [0.717, 1.165) is 12.1 Å². The molecule has 0 aliphatic rings. The molecular weight excluding hydrogens is 391 g/mol. The summed E-state index contributed by atoms with van der Waals surface area (Å²) in [5.41, 5.74) is 0.304. The van der Waals surface area contributed by atoms with E-state index in [4.69, 9.17) is 0 Å². The summed E-state index contributed by atoms with van der Waals surface area (Å²) in [7, 11) is 0. The van der Waals surface area contributed by atoms with Gasteiger partial charge in [0.2, 0.25) is 5.91 Å². The molecule has 1 aromatic heterocycles. The first-order valence-corrected chi connectivity index (χ1v) is 9.77. The molecule has 0 bridgehead atoms. The maximum Gasteiger partial charge on any atom is 0.416 e. The minimum atomic E-state index is -4.50. The van der Waals surface area contributed by atoms with Crippen molar-refractivity contribution >= 4 is 34.5 Å². The van der Waals surface area contributed by atoms with Gasteiger partial charge in [0.1, 0.15) is 0 Å². The molecule has 152 valence electrons. The first kappa shape index (κ1) is 21.7. The molecule has 2 aromatic rings. The Balaban J connectivity index is 2.07. The maximum atomic E-state index is 13.1. The summed E-state index contributed by atoms with van der Waals surface area (Å²) in [4.78, 5) is 25.9. The van der Waals surface area contributed by atoms with Gasteiger partial charge in [0.05, 0.1) is 16.9 Å². The Bertz CT molecular complexity index is 803. The molecule has 0 unspecified atom stereocenters. The van der Waals surface area contributed by atoms with E-state index in [1.54, 1.807) is 16.8 Å². The number of halogens is 3. The lowest BCUT2D eigenvalue weighted by Gasteiger charge is -2.25. The second-order valence-corrected chi connectivity index (χ2v) is 6.75. The Kier molecular flexibility index (Phi) is 7.45. The van der Waals surface area contributed by atoms with E-state index in [1.165, 1.54) is 17.4 Å². The number of amides is 2. The summed E-state index contributed by atoms with van der Waals surface area (Å²) in [6, 6.07) is 4.97. The van der Waals surface area contributed by atoms with Crippen LogP contribution in [0.5, 0.6) is 0 Å². The Morgan fingerprint density at radius 1 is 1.14 bits per heavy atom. The molecule has 0 saturated heterocycles. The SMILES string of the molecule is CCN(CC)c1ccc(C(F)(F)F)cc1NC(=O)CCNC(=O)c1ccsc1. The second kappa shape index (κ2) is 9.59. The van der Waals surface area contributed by atoms with Gasteiger partial charge in [0, 0.05) is 37.0 Å². The Morgan fingerprint density at radius 3 is 2.43 bits per heavy atom. The molecule has 0 spiro atoms. The summed E-state index contributed by atoms with van der Waals surface area (Å²) < 4.78 is 39.2. The van der Waals surface area contributed by atoms with Crippen molar-refractivity contribution in [2.24, 2.45) is 0 Å². The number of anilines is 2. The molecule has 28 heavy (non-hydrogen) atoms. The lowest BCUT2D eigenvalue weighted by atomic mass is 10.1.